The van der Waals surface area contributed by atoms with Crippen LogP contribution in [0.3, 0.4) is 0 Å². The second kappa shape index (κ2) is 4.09. The number of aliphatic hydroxyl groups is 1. The molecule has 0 aromatic heterocycles. The molecule has 0 aliphatic carbocycles. The minimum atomic E-state index is -0.358. The highest BCUT2D eigenvalue weighted by atomic mass is 127. The van der Waals surface area contributed by atoms with E-state index in [1.807, 2.05) is 18.2 Å². The fourth-order valence-corrected chi connectivity index (χ4v) is 2.12. The first-order chi connectivity index (χ1) is 6.84. The fourth-order valence-electron chi connectivity index (χ4n) is 2.12. The van der Waals surface area contributed by atoms with Crippen LogP contribution in [0.5, 0.6) is 0 Å². The molecule has 2 aliphatic rings. The molecule has 3 rings (SSSR count). The number of halogens is 1. The van der Waals surface area contributed by atoms with Gasteiger partial charge in [-0.2, -0.15) is 0 Å². The maximum absolute atomic E-state index is 9.68. The van der Waals surface area contributed by atoms with Crippen LogP contribution in [0.4, 0.5) is 5.69 Å². The van der Waals surface area contributed by atoms with Crippen LogP contribution in [-0.4, -0.2) is 28.5 Å². The van der Waals surface area contributed by atoms with Crippen LogP contribution in [0.15, 0.2) is 29.3 Å². The molecule has 15 heavy (non-hydrogen) atoms. The summed E-state index contributed by atoms with van der Waals surface area (Å²) in [5, 5.41) is 9.68. The molecule has 1 fully saturated rings. The molecule has 0 radical (unpaired) electrons. The van der Waals surface area contributed by atoms with Gasteiger partial charge in [-0.15, -0.1) is 24.0 Å². The van der Waals surface area contributed by atoms with Gasteiger partial charge in [-0.25, -0.2) is 4.99 Å². The van der Waals surface area contributed by atoms with Crippen molar-refractivity contribution in [1.82, 2.24) is 4.90 Å². The molecule has 1 aromatic carbocycles. The summed E-state index contributed by atoms with van der Waals surface area (Å²) in [5.41, 5.74) is 2.27. The van der Waals surface area contributed by atoms with Crippen molar-refractivity contribution >= 4 is 35.5 Å². The number of fused-ring (bicyclic) bond motifs is 2. The molecule has 1 atom stereocenters. The quantitative estimate of drug-likeness (QED) is 0.742. The monoisotopic (exact) mass is 316 g/mol. The van der Waals surface area contributed by atoms with Crippen LogP contribution < -0.4 is 0 Å². The van der Waals surface area contributed by atoms with Crippen molar-refractivity contribution in [1.29, 1.82) is 0 Å². The van der Waals surface area contributed by atoms with Gasteiger partial charge >= 0.3 is 0 Å². The lowest BCUT2D eigenvalue weighted by atomic mass is 10.1. The minimum absolute atomic E-state index is 0. The van der Waals surface area contributed by atoms with Crippen LogP contribution in [0.25, 0.3) is 0 Å². The van der Waals surface area contributed by atoms with E-state index < -0.39 is 0 Å². The van der Waals surface area contributed by atoms with Gasteiger partial charge in [0, 0.05) is 13.1 Å². The summed E-state index contributed by atoms with van der Waals surface area (Å²) in [7, 11) is 0. The standard InChI is InChI=1S/C11H12N2O.HI/c14-10-5-6-13-7-8-3-1-2-4-9(8)12-11(10)13;/h1-4,10,14H,5-7H2;1H/t10-;/m0./s1. The van der Waals surface area contributed by atoms with E-state index in [2.05, 4.69) is 16.0 Å². The van der Waals surface area contributed by atoms with E-state index in [0.717, 1.165) is 31.0 Å². The number of rotatable bonds is 0. The lowest BCUT2D eigenvalue weighted by Gasteiger charge is -2.25. The molecule has 1 N–H and O–H groups in total. The topological polar surface area (TPSA) is 35.8 Å². The van der Waals surface area contributed by atoms with Crippen molar-refractivity contribution < 1.29 is 5.11 Å². The molecule has 2 aliphatic heterocycles. The molecule has 1 saturated heterocycles. The number of aliphatic hydroxyl groups excluding tert-OH is 1. The molecule has 4 heteroatoms. The summed E-state index contributed by atoms with van der Waals surface area (Å²) in [5.74, 6) is 0.851. The second-order valence-electron chi connectivity index (χ2n) is 3.82. The average molecular weight is 316 g/mol. The maximum Gasteiger partial charge on any atom is 0.134 e. The number of amidine groups is 1. The maximum atomic E-state index is 9.68. The Balaban J connectivity index is 0.000000853. The Bertz CT molecular complexity index is 405. The smallest absolute Gasteiger partial charge is 0.134 e. The summed E-state index contributed by atoms with van der Waals surface area (Å²) in [4.78, 5) is 6.64. The van der Waals surface area contributed by atoms with Crippen molar-refractivity contribution in [3.05, 3.63) is 29.8 Å². The van der Waals surface area contributed by atoms with Crippen molar-refractivity contribution in [3.63, 3.8) is 0 Å². The predicted octanol–water partition coefficient (Wildman–Crippen LogP) is 1.91. The predicted molar refractivity (Wildman–Crippen MR) is 70.0 cm³/mol. The highest BCUT2D eigenvalue weighted by molar-refractivity contribution is 14.0. The first-order valence-corrected chi connectivity index (χ1v) is 4.94. The van der Waals surface area contributed by atoms with Crippen LogP contribution in [0.2, 0.25) is 0 Å². The van der Waals surface area contributed by atoms with Crippen LogP contribution in [0, 0.1) is 0 Å². The van der Waals surface area contributed by atoms with Crippen LogP contribution in [0.1, 0.15) is 12.0 Å². The molecule has 0 unspecified atom stereocenters. The highest BCUT2D eigenvalue weighted by Crippen LogP contribution is 2.29. The van der Waals surface area contributed by atoms with Crippen molar-refractivity contribution in [2.75, 3.05) is 6.54 Å². The molecular weight excluding hydrogens is 303 g/mol. The van der Waals surface area contributed by atoms with E-state index >= 15 is 0 Å². The van der Waals surface area contributed by atoms with E-state index in [0.29, 0.717) is 0 Å². The Kier molecular flexibility index (Phi) is 2.97. The SMILES string of the molecule is I.O[C@H]1CCN2Cc3ccccc3N=C12. The summed E-state index contributed by atoms with van der Waals surface area (Å²) in [6, 6.07) is 8.12. The van der Waals surface area contributed by atoms with Gasteiger partial charge in [-0.1, -0.05) is 18.2 Å². The van der Waals surface area contributed by atoms with Gasteiger partial charge < -0.3 is 10.0 Å². The van der Waals surface area contributed by atoms with Crippen molar-refractivity contribution in [2.24, 2.45) is 4.99 Å². The fraction of sp³-hybridized carbons (Fsp3) is 0.364. The molecule has 80 valence electrons. The molecule has 0 amide bonds. The number of hydrogen-bond donors (Lipinski definition) is 1. The summed E-state index contributed by atoms with van der Waals surface area (Å²) in [6.07, 6.45) is 0.454. The number of hydrogen-bond acceptors (Lipinski definition) is 3. The van der Waals surface area contributed by atoms with Gasteiger partial charge in [-0.05, 0) is 18.1 Å². The van der Waals surface area contributed by atoms with Gasteiger partial charge in [0.2, 0.25) is 0 Å². The highest BCUT2D eigenvalue weighted by Gasteiger charge is 2.30. The van der Waals surface area contributed by atoms with Gasteiger partial charge in [0.15, 0.2) is 0 Å². The van der Waals surface area contributed by atoms with Gasteiger partial charge in [0.05, 0.1) is 5.69 Å². The summed E-state index contributed by atoms with van der Waals surface area (Å²) in [6.45, 7) is 1.82. The Morgan fingerprint density at radius 3 is 3.00 bits per heavy atom. The van der Waals surface area contributed by atoms with Crippen LogP contribution >= 0.6 is 24.0 Å². The summed E-state index contributed by atoms with van der Waals surface area (Å²) >= 11 is 0. The molecule has 3 nitrogen and oxygen atoms in total. The molecule has 0 saturated carbocycles. The van der Waals surface area contributed by atoms with E-state index in [9.17, 15) is 5.11 Å². The molecule has 0 bridgehead atoms. The van der Waals surface area contributed by atoms with Crippen molar-refractivity contribution in [3.8, 4) is 0 Å². The number of para-hydroxylation sites is 1. The van der Waals surface area contributed by atoms with E-state index in [4.69, 9.17) is 0 Å². The first-order valence-electron chi connectivity index (χ1n) is 4.94. The van der Waals surface area contributed by atoms with E-state index in [-0.39, 0.29) is 30.1 Å². The Morgan fingerprint density at radius 2 is 2.13 bits per heavy atom. The lowest BCUT2D eigenvalue weighted by Crippen LogP contribution is -2.31. The second-order valence-corrected chi connectivity index (χ2v) is 3.82. The van der Waals surface area contributed by atoms with Gasteiger partial charge in [-0.3, -0.25) is 0 Å². The van der Waals surface area contributed by atoms with E-state index in [1.54, 1.807) is 0 Å². The van der Waals surface area contributed by atoms with E-state index in [1.165, 1.54) is 5.56 Å². The number of aliphatic imine (C=N–C) groups is 1. The largest absolute Gasteiger partial charge is 0.385 e. The Morgan fingerprint density at radius 1 is 1.33 bits per heavy atom. The third-order valence-electron chi connectivity index (χ3n) is 2.88. The number of nitrogens with zero attached hydrogens (tertiary/aromatic N) is 2. The van der Waals surface area contributed by atoms with Gasteiger partial charge in [0.1, 0.15) is 11.9 Å². The average Bonchev–Trinajstić information content (AvgIpc) is 2.57. The lowest BCUT2D eigenvalue weighted by molar-refractivity contribution is 0.245. The van der Waals surface area contributed by atoms with Crippen molar-refractivity contribution in [2.45, 2.75) is 19.1 Å². The van der Waals surface area contributed by atoms with Gasteiger partial charge in [0.25, 0.3) is 0 Å². The molecule has 0 spiro atoms. The first kappa shape index (κ1) is 10.9. The zero-order chi connectivity index (χ0) is 9.54. The molecular formula is C11H13IN2O. The zero-order valence-electron chi connectivity index (χ0n) is 8.26. The summed E-state index contributed by atoms with van der Waals surface area (Å²) < 4.78 is 0. The third kappa shape index (κ3) is 1.76. The molecule has 1 aromatic rings. The Hall–Kier alpha value is -0.620. The van der Waals surface area contributed by atoms with Crippen LogP contribution in [-0.2, 0) is 6.54 Å². The molecule has 2 heterocycles. The minimum Gasteiger partial charge on any atom is -0.385 e. The normalized spacial score (nSPS) is 22.6. The Labute approximate surface area is 106 Å². The third-order valence-corrected chi connectivity index (χ3v) is 2.88. The zero-order valence-corrected chi connectivity index (χ0v) is 10.6. The number of benzene rings is 1.